The zero-order valence-electron chi connectivity index (χ0n) is 11.9. The lowest BCUT2D eigenvalue weighted by Crippen LogP contribution is -2.47. The largest absolute Gasteiger partial charge is 0.129 e. The summed E-state index contributed by atoms with van der Waals surface area (Å²) in [6.07, 6.45) is 9.14. The highest BCUT2D eigenvalue weighted by Gasteiger charge is 2.53. The van der Waals surface area contributed by atoms with Crippen molar-refractivity contribution in [2.75, 3.05) is 0 Å². The van der Waals surface area contributed by atoms with Crippen LogP contribution in [0.2, 0.25) is 0 Å². The average Bonchev–Trinajstić information content (AvgIpc) is 2.37. The molecular formula is C18H25P. The number of hydrogen-bond donors (Lipinski definition) is 0. The molecule has 0 aliphatic heterocycles. The highest BCUT2D eigenvalue weighted by Crippen LogP contribution is 2.66. The minimum atomic E-state index is 0.617. The first-order valence-corrected chi connectivity index (χ1v) is 8.64. The third kappa shape index (κ3) is 1.90. The van der Waals surface area contributed by atoms with Gasteiger partial charge in [-0.15, -0.1) is 9.24 Å². The topological polar surface area (TPSA) is 0 Å². The molecule has 4 aliphatic rings. The summed E-state index contributed by atoms with van der Waals surface area (Å²) in [4.78, 5) is 0. The lowest BCUT2D eigenvalue weighted by Gasteiger charge is -2.59. The van der Waals surface area contributed by atoms with E-state index in [0.717, 1.165) is 17.8 Å². The molecule has 0 N–H and O–H groups in total. The molecule has 2 atom stereocenters. The molecular weight excluding hydrogens is 247 g/mol. The molecule has 1 heteroatoms. The molecule has 4 fully saturated rings. The van der Waals surface area contributed by atoms with E-state index in [1.165, 1.54) is 24.8 Å². The van der Waals surface area contributed by atoms with Gasteiger partial charge in [-0.2, -0.15) is 0 Å². The van der Waals surface area contributed by atoms with E-state index in [2.05, 4.69) is 40.4 Å². The zero-order valence-corrected chi connectivity index (χ0v) is 13.1. The van der Waals surface area contributed by atoms with Crippen molar-refractivity contribution in [3.05, 3.63) is 35.4 Å². The molecule has 5 rings (SSSR count). The van der Waals surface area contributed by atoms with E-state index in [4.69, 9.17) is 0 Å². The monoisotopic (exact) mass is 272 g/mol. The molecule has 0 radical (unpaired) electrons. The fourth-order valence-electron chi connectivity index (χ4n) is 5.82. The van der Waals surface area contributed by atoms with E-state index in [-0.39, 0.29) is 0 Å². The van der Waals surface area contributed by atoms with E-state index in [1.807, 2.05) is 0 Å². The van der Waals surface area contributed by atoms with Crippen LogP contribution >= 0.6 is 9.24 Å². The summed E-state index contributed by atoms with van der Waals surface area (Å²) in [5, 5.41) is 0. The number of aryl methyl sites for hydroxylation is 1. The lowest BCUT2D eigenvalue weighted by atomic mass is 9.48. The maximum atomic E-state index is 3.24. The number of benzene rings is 1. The maximum absolute atomic E-state index is 3.24. The summed E-state index contributed by atoms with van der Waals surface area (Å²) in [5.41, 5.74) is 4.38. The Labute approximate surface area is 119 Å². The predicted octanol–water partition coefficient (Wildman–Crippen LogP) is 5.13. The van der Waals surface area contributed by atoms with Crippen LogP contribution in [0.25, 0.3) is 0 Å². The van der Waals surface area contributed by atoms with E-state index in [0.29, 0.717) is 11.1 Å². The van der Waals surface area contributed by atoms with Crippen molar-refractivity contribution >= 4 is 9.24 Å². The number of hydrogen-bond acceptors (Lipinski definition) is 0. The van der Waals surface area contributed by atoms with Gasteiger partial charge >= 0.3 is 0 Å². The molecule has 0 spiro atoms. The summed E-state index contributed by atoms with van der Waals surface area (Å²) in [7, 11) is 3.24. The van der Waals surface area contributed by atoms with Crippen molar-refractivity contribution in [2.45, 2.75) is 51.1 Å². The minimum Gasteiger partial charge on any atom is -0.129 e. The van der Waals surface area contributed by atoms with Crippen LogP contribution in [0.15, 0.2) is 24.3 Å². The number of rotatable bonds is 2. The van der Waals surface area contributed by atoms with Gasteiger partial charge in [0.2, 0.25) is 0 Å². The second kappa shape index (κ2) is 4.32. The quantitative estimate of drug-likeness (QED) is 0.655. The molecule has 0 saturated heterocycles. The Bertz CT molecular complexity index is 455. The average molecular weight is 272 g/mol. The molecule has 1 aromatic rings. The summed E-state index contributed by atoms with van der Waals surface area (Å²) in [5.74, 6) is 3.16. The Morgan fingerprint density at radius 2 is 1.53 bits per heavy atom. The summed E-state index contributed by atoms with van der Waals surface area (Å²) >= 11 is 0. The standard InChI is InChI=1S/C18H25P/c1-12-4-2-3-5-16(12)17(19)18-9-13-6-14(10-18)8-15(7-13)11-18/h2-5,13-15,17H,6-11,19H2,1H3. The highest BCUT2D eigenvalue weighted by molar-refractivity contribution is 7.17. The van der Waals surface area contributed by atoms with Gasteiger partial charge in [0, 0.05) is 5.66 Å². The van der Waals surface area contributed by atoms with Gasteiger partial charge in [-0.25, -0.2) is 0 Å². The maximum Gasteiger partial charge on any atom is 0.00446 e. The van der Waals surface area contributed by atoms with Gasteiger partial charge in [-0.05, 0) is 79.7 Å². The predicted molar refractivity (Wildman–Crippen MR) is 84.2 cm³/mol. The second-order valence-electron chi connectivity index (χ2n) is 7.61. The molecule has 0 aromatic heterocycles. The molecule has 0 heterocycles. The van der Waals surface area contributed by atoms with E-state index < -0.39 is 0 Å². The first-order valence-electron chi connectivity index (χ1n) is 7.97. The Morgan fingerprint density at radius 1 is 1.00 bits per heavy atom. The van der Waals surface area contributed by atoms with Gasteiger partial charge in [-0.3, -0.25) is 0 Å². The van der Waals surface area contributed by atoms with Crippen molar-refractivity contribution < 1.29 is 0 Å². The molecule has 4 aliphatic carbocycles. The van der Waals surface area contributed by atoms with Crippen molar-refractivity contribution in [3.63, 3.8) is 0 Å². The smallest absolute Gasteiger partial charge is 0.00446 e. The Balaban J connectivity index is 1.70. The normalized spacial score (nSPS) is 41.5. The highest BCUT2D eigenvalue weighted by atomic mass is 31.0. The van der Waals surface area contributed by atoms with Crippen LogP contribution in [0.3, 0.4) is 0 Å². The summed E-state index contributed by atoms with van der Waals surface area (Å²) < 4.78 is 0. The molecule has 0 amide bonds. The first-order chi connectivity index (χ1) is 9.16. The van der Waals surface area contributed by atoms with Gasteiger partial charge in [0.15, 0.2) is 0 Å². The van der Waals surface area contributed by atoms with Gasteiger partial charge in [0.1, 0.15) is 0 Å². The fourth-order valence-corrected chi connectivity index (χ4v) is 6.61. The molecule has 2 unspecified atom stereocenters. The van der Waals surface area contributed by atoms with E-state index in [9.17, 15) is 0 Å². The minimum absolute atomic E-state index is 0.617. The Kier molecular flexibility index (Phi) is 2.82. The summed E-state index contributed by atoms with van der Waals surface area (Å²) in [6.45, 7) is 2.28. The third-order valence-corrected chi connectivity index (χ3v) is 7.34. The van der Waals surface area contributed by atoms with Crippen LogP contribution in [0.1, 0.15) is 55.3 Å². The van der Waals surface area contributed by atoms with Crippen molar-refractivity contribution in [1.82, 2.24) is 0 Å². The molecule has 1 aromatic carbocycles. The summed E-state index contributed by atoms with van der Waals surface area (Å²) in [6, 6.07) is 9.05. The van der Waals surface area contributed by atoms with Crippen LogP contribution in [0.4, 0.5) is 0 Å². The van der Waals surface area contributed by atoms with Crippen LogP contribution in [0.5, 0.6) is 0 Å². The van der Waals surface area contributed by atoms with Crippen molar-refractivity contribution in [3.8, 4) is 0 Å². The van der Waals surface area contributed by atoms with E-state index >= 15 is 0 Å². The SMILES string of the molecule is Cc1ccccc1C(P)C12CC3CC(CC(C3)C1)C2. The van der Waals surface area contributed by atoms with Crippen LogP contribution in [-0.4, -0.2) is 0 Å². The van der Waals surface area contributed by atoms with Gasteiger partial charge in [-0.1, -0.05) is 24.3 Å². The van der Waals surface area contributed by atoms with E-state index in [1.54, 1.807) is 24.8 Å². The van der Waals surface area contributed by atoms with Crippen molar-refractivity contribution in [1.29, 1.82) is 0 Å². The lowest BCUT2D eigenvalue weighted by molar-refractivity contribution is -0.0542. The van der Waals surface area contributed by atoms with Gasteiger partial charge in [0.05, 0.1) is 0 Å². The first kappa shape index (κ1) is 12.4. The van der Waals surface area contributed by atoms with Crippen LogP contribution in [0, 0.1) is 30.1 Å². The van der Waals surface area contributed by atoms with Crippen LogP contribution in [-0.2, 0) is 0 Å². The van der Waals surface area contributed by atoms with Gasteiger partial charge in [0.25, 0.3) is 0 Å². The van der Waals surface area contributed by atoms with Crippen molar-refractivity contribution in [2.24, 2.45) is 23.2 Å². The molecule has 19 heavy (non-hydrogen) atoms. The molecule has 0 nitrogen and oxygen atoms in total. The third-order valence-electron chi connectivity index (χ3n) is 6.27. The Morgan fingerprint density at radius 3 is 2.05 bits per heavy atom. The Hall–Kier alpha value is -0.350. The second-order valence-corrected chi connectivity index (χ2v) is 8.28. The van der Waals surface area contributed by atoms with Gasteiger partial charge < -0.3 is 0 Å². The molecule has 4 bridgehead atoms. The van der Waals surface area contributed by atoms with Crippen LogP contribution < -0.4 is 0 Å². The fraction of sp³-hybridized carbons (Fsp3) is 0.667. The molecule has 102 valence electrons. The molecule has 4 saturated carbocycles. The zero-order chi connectivity index (χ0) is 13.0.